The number of nitriles is 1. The number of aromatic nitrogens is 1. The summed E-state index contributed by atoms with van der Waals surface area (Å²) in [5, 5.41) is 12.1. The van der Waals surface area contributed by atoms with Crippen LogP contribution in [-0.2, 0) is 4.74 Å². The molecule has 5 heteroatoms. The molecular weight excluding hydrogens is 240 g/mol. The summed E-state index contributed by atoms with van der Waals surface area (Å²) in [6, 6.07) is 8.05. The van der Waals surface area contributed by atoms with Crippen LogP contribution in [0.1, 0.15) is 18.5 Å². The second kappa shape index (κ2) is 7.07. The monoisotopic (exact) mass is 260 g/mol. The Morgan fingerprint density at radius 1 is 1.58 bits per heavy atom. The van der Waals surface area contributed by atoms with Crippen LogP contribution in [0.3, 0.4) is 0 Å². The number of nitrogens with zero attached hydrogens (tertiary/aromatic N) is 3. The van der Waals surface area contributed by atoms with E-state index in [1.807, 2.05) is 12.1 Å². The summed E-state index contributed by atoms with van der Waals surface area (Å²) >= 11 is 0. The number of rotatable bonds is 6. The average molecular weight is 260 g/mol. The molecule has 5 nitrogen and oxygen atoms in total. The first-order valence-corrected chi connectivity index (χ1v) is 6.67. The number of hydrogen-bond donors (Lipinski definition) is 1. The SMILES string of the molecule is COCCN1CCCC1CNc1cccc(C#N)n1. The molecule has 2 rings (SSSR count). The topological polar surface area (TPSA) is 61.2 Å². The summed E-state index contributed by atoms with van der Waals surface area (Å²) in [7, 11) is 1.74. The first kappa shape index (κ1) is 13.8. The molecule has 0 spiro atoms. The Morgan fingerprint density at radius 3 is 3.26 bits per heavy atom. The molecule has 1 aromatic rings. The van der Waals surface area contributed by atoms with Gasteiger partial charge in [0.15, 0.2) is 0 Å². The lowest BCUT2D eigenvalue weighted by atomic mass is 10.2. The first-order valence-electron chi connectivity index (χ1n) is 6.67. The summed E-state index contributed by atoms with van der Waals surface area (Å²) in [4.78, 5) is 6.67. The maximum Gasteiger partial charge on any atom is 0.142 e. The van der Waals surface area contributed by atoms with Gasteiger partial charge < -0.3 is 10.1 Å². The molecule has 0 amide bonds. The third kappa shape index (κ3) is 3.91. The van der Waals surface area contributed by atoms with Crippen molar-refractivity contribution >= 4 is 5.82 Å². The summed E-state index contributed by atoms with van der Waals surface area (Å²) in [5.41, 5.74) is 0.452. The molecule has 1 fully saturated rings. The minimum atomic E-state index is 0.452. The molecule has 1 aromatic heterocycles. The second-order valence-electron chi connectivity index (χ2n) is 4.73. The van der Waals surface area contributed by atoms with Gasteiger partial charge in [0.25, 0.3) is 0 Å². The fourth-order valence-electron chi connectivity index (χ4n) is 2.45. The van der Waals surface area contributed by atoms with Gasteiger partial charge in [0.1, 0.15) is 17.6 Å². The van der Waals surface area contributed by atoms with E-state index in [1.54, 1.807) is 13.2 Å². The molecule has 0 saturated carbocycles. The highest BCUT2D eigenvalue weighted by Gasteiger charge is 2.23. The van der Waals surface area contributed by atoms with Crippen molar-refractivity contribution in [3.8, 4) is 6.07 Å². The number of ether oxygens (including phenoxy) is 1. The quantitative estimate of drug-likeness (QED) is 0.839. The van der Waals surface area contributed by atoms with Gasteiger partial charge >= 0.3 is 0 Å². The van der Waals surface area contributed by atoms with E-state index < -0.39 is 0 Å². The number of methoxy groups -OCH3 is 1. The van der Waals surface area contributed by atoms with Crippen molar-refractivity contribution in [1.29, 1.82) is 5.26 Å². The molecule has 19 heavy (non-hydrogen) atoms. The summed E-state index contributed by atoms with van der Waals surface area (Å²) in [5.74, 6) is 0.776. The zero-order valence-corrected chi connectivity index (χ0v) is 11.3. The maximum absolute atomic E-state index is 8.82. The lowest BCUT2D eigenvalue weighted by Gasteiger charge is -2.24. The minimum absolute atomic E-state index is 0.452. The zero-order chi connectivity index (χ0) is 13.5. The van der Waals surface area contributed by atoms with Crippen molar-refractivity contribution < 1.29 is 4.74 Å². The molecule has 0 aromatic carbocycles. The molecule has 102 valence electrons. The molecule has 0 bridgehead atoms. The highest BCUT2D eigenvalue weighted by atomic mass is 16.5. The molecule has 1 aliphatic rings. The summed E-state index contributed by atoms with van der Waals surface area (Å²) in [6.07, 6.45) is 2.44. The Kier molecular flexibility index (Phi) is 5.13. The van der Waals surface area contributed by atoms with E-state index in [1.165, 1.54) is 12.8 Å². The van der Waals surface area contributed by atoms with E-state index in [-0.39, 0.29) is 0 Å². The van der Waals surface area contributed by atoms with Crippen molar-refractivity contribution in [2.75, 3.05) is 38.7 Å². The van der Waals surface area contributed by atoms with Crippen LogP contribution in [0.5, 0.6) is 0 Å². The molecule has 1 N–H and O–H groups in total. The number of anilines is 1. The molecule has 1 saturated heterocycles. The van der Waals surface area contributed by atoms with Gasteiger partial charge in [0.2, 0.25) is 0 Å². The Hall–Kier alpha value is -1.64. The first-order chi connectivity index (χ1) is 9.33. The van der Waals surface area contributed by atoms with E-state index in [0.29, 0.717) is 11.7 Å². The molecule has 2 heterocycles. The predicted octanol–water partition coefficient (Wildman–Crippen LogP) is 1.48. The lowest BCUT2D eigenvalue weighted by molar-refractivity contribution is 0.143. The van der Waals surface area contributed by atoms with Crippen molar-refractivity contribution in [3.63, 3.8) is 0 Å². The largest absolute Gasteiger partial charge is 0.383 e. The highest BCUT2D eigenvalue weighted by Crippen LogP contribution is 2.17. The Morgan fingerprint density at radius 2 is 2.47 bits per heavy atom. The molecule has 1 unspecified atom stereocenters. The molecule has 1 aliphatic heterocycles. The van der Waals surface area contributed by atoms with Crippen LogP contribution in [0.15, 0.2) is 18.2 Å². The fraction of sp³-hybridized carbons (Fsp3) is 0.571. The van der Waals surface area contributed by atoms with Gasteiger partial charge in [-0.3, -0.25) is 4.90 Å². The summed E-state index contributed by atoms with van der Waals surface area (Å²) in [6.45, 7) is 3.76. The maximum atomic E-state index is 8.82. The van der Waals surface area contributed by atoms with Crippen LogP contribution < -0.4 is 5.32 Å². The lowest BCUT2D eigenvalue weighted by Crippen LogP contribution is -2.37. The zero-order valence-electron chi connectivity index (χ0n) is 11.3. The van der Waals surface area contributed by atoms with Crippen LogP contribution in [0.25, 0.3) is 0 Å². The van der Waals surface area contributed by atoms with E-state index in [9.17, 15) is 0 Å². The summed E-state index contributed by atoms with van der Waals surface area (Å²) < 4.78 is 5.13. The number of nitrogens with one attached hydrogen (secondary N) is 1. The molecule has 0 aliphatic carbocycles. The second-order valence-corrected chi connectivity index (χ2v) is 4.73. The smallest absolute Gasteiger partial charge is 0.142 e. The standard InChI is InChI=1S/C14H20N4O/c1-19-9-8-18-7-3-5-13(18)11-16-14-6-2-4-12(10-15)17-14/h2,4,6,13H,3,5,7-9,11H2,1H3,(H,16,17). The third-order valence-electron chi connectivity index (χ3n) is 3.46. The van der Waals surface area contributed by atoms with Crippen LogP contribution in [0.4, 0.5) is 5.82 Å². The van der Waals surface area contributed by atoms with Crippen LogP contribution in [0, 0.1) is 11.3 Å². The van der Waals surface area contributed by atoms with Gasteiger partial charge in [0, 0.05) is 26.2 Å². The average Bonchev–Trinajstić information content (AvgIpc) is 2.90. The Labute approximate surface area is 114 Å². The fourth-order valence-corrected chi connectivity index (χ4v) is 2.45. The normalized spacial score (nSPS) is 19.3. The van der Waals surface area contributed by atoms with Crippen molar-refractivity contribution in [2.45, 2.75) is 18.9 Å². The highest BCUT2D eigenvalue weighted by molar-refractivity contribution is 5.38. The van der Waals surface area contributed by atoms with E-state index in [4.69, 9.17) is 10.00 Å². The Balaban J connectivity index is 1.85. The number of pyridine rings is 1. The van der Waals surface area contributed by atoms with Gasteiger partial charge in [-0.2, -0.15) is 5.26 Å². The van der Waals surface area contributed by atoms with Crippen molar-refractivity contribution in [2.24, 2.45) is 0 Å². The van der Waals surface area contributed by atoms with E-state index in [2.05, 4.69) is 21.3 Å². The van der Waals surface area contributed by atoms with Gasteiger partial charge in [-0.15, -0.1) is 0 Å². The van der Waals surface area contributed by atoms with Gasteiger partial charge in [-0.1, -0.05) is 6.07 Å². The van der Waals surface area contributed by atoms with E-state index >= 15 is 0 Å². The van der Waals surface area contributed by atoms with Gasteiger partial charge in [-0.25, -0.2) is 4.98 Å². The van der Waals surface area contributed by atoms with Crippen LogP contribution in [0.2, 0.25) is 0 Å². The molecule has 0 radical (unpaired) electrons. The minimum Gasteiger partial charge on any atom is -0.383 e. The van der Waals surface area contributed by atoms with Crippen molar-refractivity contribution in [3.05, 3.63) is 23.9 Å². The van der Waals surface area contributed by atoms with Crippen LogP contribution >= 0.6 is 0 Å². The Bertz CT molecular complexity index is 443. The molecule has 1 atom stereocenters. The predicted molar refractivity (Wildman–Crippen MR) is 73.9 cm³/mol. The van der Waals surface area contributed by atoms with Crippen LogP contribution in [-0.4, -0.2) is 49.3 Å². The van der Waals surface area contributed by atoms with E-state index in [0.717, 1.165) is 32.1 Å². The van der Waals surface area contributed by atoms with Crippen molar-refractivity contribution in [1.82, 2.24) is 9.88 Å². The molecular formula is C14H20N4O. The number of hydrogen-bond acceptors (Lipinski definition) is 5. The third-order valence-corrected chi connectivity index (χ3v) is 3.46. The van der Waals surface area contributed by atoms with Gasteiger partial charge in [-0.05, 0) is 31.5 Å². The number of likely N-dealkylation sites (tertiary alicyclic amines) is 1. The van der Waals surface area contributed by atoms with Gasteiger partial charge in [0.05, 0.1) is 6.61 Å².